The lowest BCUT2D eigenvalue weighted by Gasteiger charge is -2.39. The summed E-state index contributed by atoms with van der Waals surface area (Å²) in [5.41, 5.74) is 0.872. The van der Waals surface area contributed by atoms with Crippen LogP contribution in [0.25, 0.3) is 11.0 Å². The number of aromatic nitrogens is 3. The number of hydrogen-bond donors (Lipinski definition) is 1. The molecule has 0 saturated heterocycles. The highest BCUT2D eigenvalue weighted by Gasteiger charge is 2.44. The molecule has 3 rings (SSSR count). The number of fused-ring (bicyclic) bond motifs is 1. The molecule has 0 spiro atoms. The number of halogens is 1. The number of nitrogens with zero attached hydrogens (tertiary/aromatic N) is 3. The standard InChI is InChI=1S/C19H30ClN3O2Si/c1-12-21-17(20)15-7-8-23(18(15)22-12)14-9-13(11-24)16(10-14)25-26(5,6)19(2,3)4/h7-8,13-14,16,24H,9-11H2,1-6H3/t13-,14+,16+/m0/s1. The summed E-state index contributed by atoms with van der Waals surface area (Å²) in [7, 11) is -1.88. The van der Waals surface area contributed by atoms with Gasteiger partial charge in [-0.15, -0.1) is 0 Å². The van der Waals surface area contributed by atoms with Crippen LogP contribution in [0.15, 0.2) is 12.3 Å². The van der Waals surface area contributed by atoms with E-state index in [1.165, 1.54) is 0 Å². The molecule has 26 heavy (non-hydrogen) atoms. The highest BCUT2D eigenvalue weighted by Crippen LogP contribution is 2.44. The smallest absolute Gasteiger partial charge is 0.192 e. The van der Waals surface area contributed by atoms with Gasteiger partial charge in [0.05, 0.1) is 11.5 Å². The summed E-state index contributed by atoms with van der Waals surface area (Å²) in [6, 6.07) is 2.23. The minimum atomic E-state index is -1.88. The van der Waals surface area contributed by atoms with Gasteiger partial charge >= 0.3 is 0 Å². The van der Waals surface area contributed by atoms with Gasteiger partial charge in [-0.05, 0) is 44.0 Å². The average molecular weight is 396 g/mol. The average Bonchev–Trinajstić information content (AvgIpc) is 3.09. The zero-order valence-corrected chi connectivity index (χ0v) is 18.3. The number of aryl methyl sites for hydroxylation is 1. The summed E-state index contributed by atoms with van der Waals surface area (Å²) < 4.78 is 8.85. The Morgan fingerprint density at radius 2 is 2.00 bits per heavy atom. The Morgan fingerprint density at radius 1 is 1.31 bits per heavy atom. The number of aliphatic hydroxyl groups is 1. The maximum Gasteiger partial charge on any atom is 0.192 e. The summed E-state index contributed by atoms with van der Waals surface area (Å²) in [6.07, 6.45) is 3.91. The van der Waals surface area contributed by atoms with Crippen LogP contribution in [0.4, 0.5) is 0 Å². The number of hydrogen-bond acceptors (Lipinski definition) is 4. The molecule has 0 aromatic carbocycles. The van der Waals surface area contributed by atoms with E-state index in [1.54, 1.807) is 0 Å². The van der Waals surface area contributed by atoms with Gasteiger partial charge in [-0.3, -0.25) is 0 Å². The molecule has 5 nitrogen and oxygen atoms in total. The summed E-state index contributed by atoms with van der Waals surface area (Å²) in [4.78, 5) is 8.85. The van der Waals surface area contributed by atoms with E-state index in [4.69, 9.17) is 16.0 Å². The molecule has 1 fully saturated rings. The summed E-state index contributed by atoms with van der Waals surface area (Å²) in [6.45, 7) is 13.3. The van der Waals surface area contributed by atoms with Crippen molar-refractivity contribution in [3.63, 3.8) is 0 Å². The first kappa shape index (κ1) is 19.8. The second-order valence-electron chi connectivity index (χ2n) is 9.01. The van der Waals surface area contributed by atoms with Crippen molar-refractivity contribution in [1.29, 1.82) is 0 Å². The molecule has 1 saturated carbocycles. The Morgan fingerprint density at radius 3 is 2.62 bits per heavy atom. The highest BCUT2D eigenvalue weighted by atomic mass is 35.5. The van der Waals surface area contributed by atoms with Crippen LogP contribution in [-0.2, 0) is 4.43 Å². The molecule has 0 radical (unpaired) electrons. The molecule has 2 aromatic heterocycles. The molecular formula is C19H30ClN3O2Si. The first-order valence-corrected chi connectivity index (χ1v) is 12.6. The van der Waals surface area contributed by atoms with Crippen molar-refractivity contribution in [3.05, 3.63) is 23.2 Å². The zero-order chi connectivity index (χ0) is 19.3. The molecule has 0 aliphatic heterocycles. The largest absolute Gasteiger partial charge is 0.413 e. The van der Waals surface area contributed by atoms with E-state index < -0.39 is 8.32 Å². The molecule has 144 valence electrons. The van der Waals surface area contributed by atoms with Crippen LogP contribution in [-0.4, -0.2) is 40.7 Å². The van der Waals surface area contributed by atoms with Crippen molar-refractivity contribution >= 4 is 31.0 Å². The lowest BCUT2D eigenvalue weighted by atomic mass is 10.1. The van der Waals surface area contributed by atoms with Crippen LogP contribution in [0.5, 0.6) is 0 Å². The van der Waals surface area contributed by atoms with Crippen LogP contribution in [0.1, 0.15) is 45.5 Å². The van der Waals surface area contributed by atoms with Gasteiger partial charge in [0.15, 0.2) is 8.32 Å². The second-order valence-corrected chi connectivity index (χ2v) is 14.1. The van der Waals surface area contributed by atoms with Crippen molar-refractivity contribution in [1.82, 2.24) is 14.5 Å². The van der Waals surface area contributed by atoms with Gasteiger partial charge in [-0.1, -0.05) is 32.4 Å². The molecule has 7 heteroatoms. The predicted molar refractivity (Wildman–Crippen MR) is 108 cm³/mol. The van der Waals surface area contributed by atoms with E-state index >= 15 is 0 Å². The van der Waals surface area contributed by atoms with Crippen LogP contribution in [0.3, 0.4) is 0 Å². The van der Waals surface area contributed by atoms with Gasteiger partial charge in [0, 0.05) is 24.8 Å². The lowest BCUT2D eigenvalue weighted by Crippen LogP contribution is -2.45. The first-order valence-electron chi connectivity index (χ1n) is 9.33. The van der Waals surface area contributed by atoms with E-state index in [2.05, 4.69) is 48.4 Å². The van der Waals surface area contributed by atoms with Gasteiger partial charge in [-0.2, -0.15) is 0 Å². The fourth-order valence-corrected chi connectivity index (χ4v) is 5.24. The third-order valence-corrected chi connectivity index (χ3v) is 10.9. The third kappa shape index (κ3) is 3.57. The van der Waals surface area contributed by atoms with Crippen LogP contribution >= 0.6 is 11.6 Å². The Labute approximate surface area is 161 Å². The Balaban J connectivity index is 1.88. The van der Waals surface area contributed by atoms with Crippen molar-refractivity contribution in [2.24, 2.45) is 5.92 Å². The highest BCUT2D eigenvalue weighted by molar-refractivity contribution is 6.74. The van der Waals surface area contributed by atoms with Crippen LogP contribution in [0, 0.1) is 12.8 Å². The van der Waals surface area contributed by atoms with Crippen molar-refractivity contribution in [2.75, 3.05) is 6.61 Å². The van der Waals surface area contributed by atoms with E-state index in [-0.39, 0.29) is 29.7 Å². The molecule has 3 atom stereocenters. The minimum Gasteiger partial charge on any atom is -0.413 e. The molecule has 2 heterocycles. The molecule has 0 bridgehead atoms. The van der Waals surface area contributed by atoms with Gasteiger partial charge in [0.25, 0.3) is 0 Å². The monoisotopic (exact) mass is 395 g/mol. The number of aliphatic hydroxyl groups excluding tert-OH is 1. The van der Waals surface area contributed by atoms with Gasteiger partial charge in [-0.25, -0.2) is 9.97 Å². The fourth-order valence-electron chi connectivity index (χ4n) is 3.57. The molecule has 1 aliphatic carbocycles. The Hall–Kier alpha value is -0.953. The Kier molecular flexibility index (Phi) is 5.25. The molecule has 0 unspecified atom stereocenters. The van der Waals surface area contributed by atoms with Crippen LogP contribution in [0.2, 0.25) is 23.3 Å². The molecular weight excluding hydrogens is 366 g/mol. The normalized spacial score (nSPS) is 24.5. The SMILES string of the molecule is Cc1nc(Cl)c2ccn([C@@H]3C[C@@H](CO)[C@H](O[Si](C)(C)C(C)(C)C)C3)c2n1. The summed E-state index contributed by atoms with van der Waals surface area (Å²) >= 11 is 6.28. The lowest BCUT2D eigenvalue weighted by molar-refractivity contribution is 0.0979. The minimum absolute atomic E-state index is 0.0850. The fraction of sp³-hybridized carbons (Fsp3) is 0.684. The van der Waals surface area contributed by atoms with Gasteiger partial charge < -0.3 is 14.1 Å². The van der Waals surface area contributed by atoms with Gasteiger partial charge in [0.1, 0.15) is 16.6 Å². The predicted octanol–water partition coefficient (Wildman–Crippen LogP) is 4.73. The number of rotatable bonds is 4. The Bertz CT molecular complexity index is 800. The van der Waals surface area contributed by atoms with Crippen LogP contribution < -0.4 is 0 Å². The van der Waals surface area contributed by atoms with E-state index in [0.717, 1.165) is 23.9 Å². The molecule has 1 aliphatic rings. The van der Waals surface area contributed by atoms with E-state index in [0.29, 0.717) is 11.0 Å². The van der Waals surface area contributed by atoms with Crippen molar-refractivity contribution in [2.45, 2.75) is 70.8 Å². The molecule has 2 aromatic rings. The second kappa shape index (κ2) is 6.89. The molecule has 1 N–H and O–H groups in total. The topological polar surface area (TPSA) is 60.2 Å². The quantitative estimate of drug-likeness (QED) is 0.600. The van der Waals surface area contributed by atoms with E-state index in [1.807, 2.05) is 19.2 Å². The summed E-state index contributed by atoms with van der Waals surface area (Å²) in [5.74, 6) is 0.832. The van der Waals surface area contributed by atoms with Crippen molar-refractivity contribution < 1.29 is 9.53 Å². The van der Waals surface area contributed by atoms with Gasteiger partial charge in [0.2, 0.25) is 0 Å². The van der Waals surface area contributed by atoms with Crippen molar-refractivity contribution in [3.8, 4) is 0 Å². The van der Waals surface area contributed by atoms with E-state index in [9.17, 15) is 5.11 Å². The third-order valence-electron chi connectivity index (χ3n) is 6.12. The molecule has 0 amide bonds. The first-order chi connectivity index (χ1) is 12.0. The maximum atomic E-state index is 9.93. The zero-order valence-electron chi connectivity index (χ0n) is 16.6. The summed E-state index contributed by atoms with van der Waals surface area (Å²) in [5, 5.41) is 11.5. The maximum absolute atomic E-state index is 9.93.